The molecule has 7 aliphatic rings. The van der Waals surface area contributed by atoms with Crippen molar-refractivity contribution in [1.29, 1.82) is 0 Å². The average Bonchev–Trinajstić information content (AvgIpc) is 3.67. The van der Waals surface area contributed by atoms with Gasteiger partial charge in [-0.1, -0.05) is 59.2 Å². The standard InChI is InChI=1S/C46H67N3O4/c1-41(2)33(31-9-11-32(12-10-31)39(51)52)15-19-42(3)36(41)16-20-44(5)37(42)14-13-34-35-8-7-18-46(35,22-21-43(34,44)4)30-47-26-17-38(50)49-28-24-45(25-29-49)23-27-48(6)40(45)53/h9-12,15,34-37,47H,7-8,13-14,16-30H2,1-6H3,(H,51,52)/t34?,35?,36?,37?,42?,43-,44?,46?/m1/s1. The first-order chi connectivity index (χ1) is 25.1. The van der Waals surface area contributed by atoms with E-state index in [1.807, 2.05) is 29.0 Å². The van der Waals surface area contributed by atoms with Crippen LogP contribution in [0, 0.1) is 56.2 Å². The van der Waals surface area contributed by atoms with E-state index >= 15 is 0 Å². The fraction of sp³-hybridized carbons (Fsp3) is 0.761. The van der Waals surface area contributed by atoms with E-state index in [-0.39, 0.29) is 28.1 Å². The number of allylic oxidation sites excluding steroid dienone is 2. The lowest BCUT2D eigenvalue weighted by molar-refractivity contribution is -0.222. The summed E-state index contributed by atoms with van der Waals surface area (Å²) in [5.74, 6) is 2.53. The van der Waals surface area contributed by atoms with Gasteiger partial charge in [0, 0.05) is 46.2 Å². The molecule has 2 saturated heterocycles. The number of carbonyl (C=O) groups is 3. The van der Waals surface area contributed by atoms with Gasteiger partial charge in [-0.25, -0.2) is 4.79 Å². The zero-order chi connectivity index (χ0) is 37.6. The lowest BCUT2D eigenvalue weighted by Gasteiger charge is -2.72. The van der Waals surface area contributed by atoms with Crippen molar-refractivity contribution in [3.8, 4) is 0 Å². The molecule has 4 saturated carbocycles. The Labute approximate surface area is 319 Å². The van der Waals surface area contributed by atoms with Crippen LogP contribution in [-0.2, 0) is 9.59 Å². The van der Waals surface area contributed by atoms with Gasteiger partial charge < -0.3 is 20.2 Å². The average molecular weight is 726 g/mol. The van der Waals surface area contributed by atoms with Crippen molar-refractivity contribution < 1.29 is 19.5 Å². The minimum Gasteiger partial charge on any atom is -0.478 e. The molecule has 1 aromatic rings. The third-order valence-electron chi connectivity index (χ3n) is 18.4. The molecule has 7 heteroatoms. The monoisotopic (exact) mass is 726 g/mol. The Hall–Kier alpha value is -2.67. The summed E-state index contributed by atoms with van der Waals surface area (Å²) in [5, 5.41) is 13.3. The molecule has 2 heterocycles. The molecule has 5 aliphatic carbocycles. The lowest BCUT2D eigenvalue weighted by atomic mass is 9.32. The smallest absolute Gasteiger partial charge is 0.335 e. The third kappa shape index (κ3) is 5.53. The number of carbonyl (C=O) groups excluding carboxylic acids is 2. The van der Waals surface area contributed by atoms with Gasteiger partial charge in [0.05, 0.1) is 11.0 Å². The maximum Gasteiger partial charge on any atom is 0.335 e. The van der Waals surface area contributed by atoms with Crippen LogP contribution < -0.4 is 5.32 Å². The Balaban J connectivity index is 0.922. The summed E-state index contributed by atoms with van der Waals surface area (Å²) >= 11 is 0. The van der Waals surface area contributed by atoms with Crippen LogP contribution in [0.1, 0.15) is 140 Å². The molecule has 8 atom stereocenters. The van der Waals surface area contributed by atoms with Gasteiger partial charge in [0.2, 0.25) is 11.8 Å². The molecule has 8 rings (SSSR count). The molecule has 2 N–H and O–H groups in total. The van der Waals surface area contributed by atoms with Crippen molar-refractivity contribution in [3.05, 3.63) is 41.5 Å². The van der Waals surface area contributed by atoms with E-state index in [1.165, 1.54) is 68.9 Å². The highest BCUT2D eigenvalue weighted by molar-refractivity contribution is 5.88. The lowest BCUT2D eigenvalue weighted by Crippen LogP contribution is -2.65. The molecule has 1 spiro atoms. The van der Waals surface area contributed by atoms with Gasteiger partial charge in [0.25, 0.3) is 0 Å². The van der Waals surface area contributed by atoms with Crippen molar-refractivity contribution in [3.63, 3.8) is 0 Å². The Kier molecular flexibility index (Phi) is 9.10. The first-order valence-electron chi connectivity index (χ1n) is 21.4. The Bertz CT molecular complexity index is 1660. The van der Waals surface area contributed by atoms with Crippen molar-refractivity contribution in [1.82, 2.24) is 15.1 Å². The maximum absolute atomic E-state index is 13.3. The number of rotatable bonds is 7. The number of hydrogen-bond acceptors (Lipinski definition) is 4. The van der Waals surface area contributed by atoms with Crippen LogP contribution in [-0.4, -0.2) is 72.5 Å². The summed E-state index contributed by atoms with van der Waals surface area (Å²) in [6.45, 7) is 17.1. The Morgan fingerprint density at radius 2 is 1.53 bits per heavy atom. The predicted octanol–water partition coefficient (Wildman–Crippen LogP) is 8.68. The molecule has 2 aliphatic heterocycles. The summed E-state index contributed by atoms with van der Waals surface area (Å²) in [7, 11) is 1.91. The predicted molar refractivity (Wildman–Crippen MR) is 210 cm³/mol. The SMILES string of the molecule is CN1CCC2(CCN(C(=O)CCNCC34CCCC3C3CCC5C6(C)CC=C(c7ccc(C(=O)O)cc7)C(C)(C)C6CCC5(C)[C@]3(C)CC4)CC2)C1=O. The number of carboxylic acid groups (broad SMARTS) is 1. The molecule has 0 bridgehead atoms. The van der Waals surface area contributed by atoms with Crippen LogP contribution in [0.5, 0.6) is 0 Å². The highest BCUT2D eigenvalue weighted by atomic mass is 16.4. The topological polar surface area (TPSA) is 89.9 Å². The number of piperidine rings is 1. The van der Waals surface area contributed by atoms with Gasteiger partial charge in [0.15, 0.2) is 0 Å². The molecule has 6 fully saturated rings. The van der Waals surface area contributed by atoms with Gasteiger partial charge in [-0.2, -0.15) is 0 Å². The summed E-state index contributed by atoms with van der Waals surface area (Å²) in [4.78, 5) is 41.5. The van der Waals surface area contributed by atoms with Crippen molar-refractivity contribution >= 4 is 23.4 Å². The first kappa shape index (κ1) is 37.3. The first-order valence-corrected chi connectivity index (χ1v) is 21.4. The fourth-order valence-electron chi connectivity index (χ4n) is 15.2. The zero-order valence-electron chi connectivity index (χ0n) is 33.7. The second-order valence-electron chi connectivity index (χ2n) is 20.5. The van der Waals surface area contributed by atoms with Crippen LogP contribution in [0.2, 0.25) is 0 Å². The highest BCUT2D eigenvalue weighted by Gasteiger charge is 2.69. The van der Waals surface area contributed by atoms with Crippen LogP contribution in [0.25, 0.3) is 5.57 Å². The molecule has 7 unspecified atom stereocenters. The Morgan fingerprint density at radius 3 is 2.21 bits per heavy atom. The number of nitrogens with zero attached hydrogens (tertiary/aromatic N) is 2. The van der Waals surface area contributed by atoms with Crippen molar-refractivity contribution in [2.45, 2.75) is 125 Å². The molecule has 2 amide bonds. The van der Waals surface area contributed by atoms with E-state index in [9.17, 15) is 19.5 Å². The summed E-state index contributed by atoms with van der Waals surface area (Å²) < 4.78 is 0. The van der Waals surface area contributed by atoms with Crippen LogP contribution >= 0.6 is 0 Å². The molecule has 0 radical (unpaired) electrons. The van der Waals surface area contributed by atoms with Gasteiger partial charge in [0.1, 0.15) is 0 Å². The normalized spacial score (nSPS) is 39.9. The largest absolute Gasteiger partial charge is 0.478 e. The Morgan fingerprint density at radius 1 is 0.811 bits per heavy atom. The second kappa shape index (κ2) is 12.9. The van der Waals surface area contributed by atoms with Crippen LogP contribution in [0.4, 0.5) is 0 Å². The van der Waals surface area contributed by atoms with E-state index in [0.29, 0.717) is 40.1 Å². The van der Waals surface area contributed by atoms with Crippen LogP contribution in [0.3, 0.4) is 0 Å². The number of carboxylic acids is 1. The number of nitrogens with one attached hydrogen (secondary N) is 1. The van der Waals surface area contributed by atoms with Gasteiger partial charge in [-0.15, -0.1) is 0 Å². The minimum absolute atomic E-state index is 0.0270. The highest BCUT2D eigenvalue weighted by Crippen LogP contribution is 2.77. The number of likely N-dealkylation sites (tertiary alicyclic amines) is 2. The van der Waals surface area contributed by atoms with Gasteiger partial charge in [-0.05, 0) is 151 Å². The van der Waals surface area contributed by atoms with Gasteiger partial charge in [-0.3, -0.25) is 9.59 Å². The fourth-order valence-corrected chi connectivity index (χ4v) is 15.2. The van der Waals surface area contributed by atoms with E-state index in [4.69, 9.17) is 0 Å². The minimum atomic E-state index is -0.864. The summed E-state index contributed by atoms with van der Waals surface area (Å²) in [5.41, 5.74) is 4.05. The quantitative estimate of drug-likeness (QED) is 0.275. The molecule has 1 aromatic carbocycles. The molecule has 290 valence electrons. The molecule has 0 aromatic heterocycles. The summed E-state index contributed by atoms with van der Waals surface area (Å²) in [6, 6.07) is 7.61. The van der Waals surface area contributed by atoms with Crippen LogP contribution in [0.15, 0.2) is 30.3 Å². The van der Waals surface area contributed by atoms with E-state index in [1.54, 1.807) is 12.1 Å². The van der Waals surface area contributed by atoms with Crippen molar-refractivity contribution in [2.24, 2.45) is 56.2 Å². The van der Waals surface area contributed by atoms with E-state index in [0.717, 1.165) is 70.2 Å². The van der Waals surface area contributed by atoms with E-state index < -0.39 is 5.97 Å². The molecular formula is C46H67N3O4. The molecule has 7 nitrogen and oxygen atoms in total. The zero-order valence-corrected chi connectivity index (χ0v) is 33.7. The number of aromatic carboxylic acids is 1. The summed E-state index contributed by atoms with van der Waals surface area (Å²) in [6.07, 6.45) is 18.7. The third-order valence-corrected chi connectivity index (χ3v) is 18.4. The number of amides is 2. The second-order valence-corrected chi connectivity index (χ2v) is 20.5. The maximum atomic E-state index is 13.3. The number of fused-ring (bicyclic) bond motifs is 7. The number of hydrogen-bond donors (Lipinski definition) is 2. The molecule has 53 heavy (non-hydrogen) atoms. The molecular weight excluding hydrogens is 659 g/mol. The van der Waals surface area contributed by atoms with E-state index in [2.05, 4.69) is 46.0 Å². The van der Waals surface area contributed by atoms with Crippen molar-refractivity contribution in [2.75, 3.05) is 39.8 Å². The van der Waals surface area contributed by atoms with Gasteiger partial charge >= 0.3 is 5.97 Å². The number of benzene rings is 1.